The van der Waals surface area contributed by atoms with Crippen LogP contribution >= 0.6 is 0 Å². The van der Waals surface area contributed by atoms with Crippen molar-refractivity contribution in [1.82, 2.24) is 5.32 Å². The minimum atomic E-state index is -0.901. The molecule has 0 amide bonds. The van der Waals surface area contributed by atoms with E-state index in [-0.39, 0.29) is 0 Å². The molecule has 1 aromatic rings. The molecule has 1 aromatic carbocycles. The minimum Gasteiger partial charge on any atom is -0.319 e. The van der Waals surface area contributed by atoms with Gasteiger partial charge in [-0.05, 0) is 50.4 Å². The summed E-state index contributed by atoms with van der Waals surface area (Å²) in [5.41, 5.74) is 1.55. The van der Waals surface area contributed by atoms with Crippen molar-refractivity contribution in [1.29, 1.82) is 0 Å². The summed E-state index contributed by atoms with van der Waals surface area (Å²) in [4.78, 5) is 0. The topological polar surface area (TPSA) is 12.0 Å². The predicted octanol–water partition coefficient (Wildman–Crippen LogP) is 2.88. The molecule has 16 heavy (non-hydrogen) atoms. The number of hydrogen-bond acceptors (Lipinski definition) is 1. The van der Waals surface area contributed by atoms with Crippen molar-refractivity contribution in [2.24, 2.45) is 0 Å². The molecular formula is C14H20FN. The van der Waals surface area contributed by atoms with Crippen LogP contribution in [0.25, 0.3) is 0 Å². The first-order valence-electron chi connectivity index (χ1n) is 6.13. The van der Waals surface area contributed by atoms with Crippen LogP contribution in [0.2, 0.25) is 0 Å². The molecule has 0 radical (unpaired) electrons. The first-order valence-corrected chi connectivity index (χ1v) is 6.13. The Hall–Kier alpha value is -0.890. The SMILES string of the molecule is CNCCc1cccc(CC2(F)CCC2)c1. The summed E-state index contributed by atoms with van der Waals surface area (Å²) < 4.78 is 14.0. The summed E-state index contributed by atoms with van der Waals surface area (Å²) in [7, 11) is 1.95. The zero-order chi connectivity index (χ0) is 11.4. The molecule has 0 aliphatic heterocycles. The van der Waals surface area contributed by atoms with Gasteiger partial charge >= 0.3 is 0 Å². The number of nitrogens with one attached hydrogen (secondary N) is 1. The van der Waals surface area contributed by atoms with E-state index >= 15 is 0 Å². The normalized spacial score (nSPS) is 18.1. The van der Waals surface area contributed by atoms with Gasteiger partial charge in [0.1, 0.15) is 5.67 Å². The molecule has 1 aliphatic rings. The molecule has 0 heterocycles. The zero-order valence-corrected chi connectivity index (χ0v) is 9.93. The monoisotopic (exact) mass is 221 g/mol. The first kappa shape index (κ1) is 11.6. The number of hydrogen-bond donors (Lipinski definition) is 1. The van der Waals surface area contributed by atoms with Crippen molar-refractivity contribution in [3.05, 3.63) is 35.4 Å². The second-order valence-electron chi connectivity index (χ2n) is 4.85. The van der Waals surface area contributed by atoms with E-state index in [1.807, 2.05) is 19.2 Å². The summed E-state index contributed by atoms with van der Waals surface area (Å²) in [6.07, 6.45) is 4.15. The molecule has 1 aliphatic carbocycles. The quantitative estimate of drug-likeness (QED) is 0.806. The second kappa shape index (κ2) is 4.96. The molecular weight excluding hydrogens is 201 g/mol. The van der Waals surface area contributed by atoms with Gasteiger partial charge in [0.05, 0.1) is 0 Å². The van der Waals surface area contributed by atoms with E-state index in [0.717, 1.165) is 37.8 Å². The first-order chi connectivity index (χ1) is 7.72. The number of halogens is 1. The molecule has 88 valence electrons. The molecule has 0 spiro atoms. The molecule has 0 bridgehead atoms. The molecule has 2 heteroatoms. The lowest BCUT2D eigenvalue weighted by Gasteiger charge is -2.34. The average molecular weight is 221 g/mol. The Bertz CT molecular complexity index is 344. The Balaban J connectivity index is 1.98. The fraction of sp³-hybridized carbons (Fsp3) is 0.571. The van der Waals surface area contributed by atoms with Gasteiger partial charge < -0.3 is 5.32 Å². The van der Waals surface area contributed by atoms with Crippen molar-refractivity contribution >= 4 is 0 Å². The van der Waals surface area contributed by atoms with E-state index in [4.69, 9.17) is 0 Å². The van der Waals surface area contributed by atoms with E-state index in [1.165, 1.54) is 5.56 Å². The van der Waals surface area contributed by atoms with Crippen molar-refractivity contribution in [2.75, 3.05) is 13.6 Å². The number of benzene rings is 1. The maximum Gasteiger partial charge on any atom is 0.115 e. The van der Waals surface area contributed by atoms with Gasteiger partial charge in [-0.1, -0.05) is 24.3 Å². The summed E-state index contributed by atoms with van der Waals surface area (Å²) in [6, 6.07) is 8.36. The third-order valence-corrected chi connectivity index (χ3v) is 3.43. The van der Waals surface area contributed by atoms with Crippen molar-refractivity contribution in [2.45, 2.75) is 37.8 Å². The standard InChI is InChI=1S/C14H20FN/c1-16-9-6-12-4-2-5-13(10-12)11-14(15)7-3-8-14/h2,4-5,10,16H,3,6-9,11H2,1H3. The Labute approximate surface area is 97.1 Å². The van der Waals surface area contributed by atoms with E-state index in [2.05, 4.69) is 17.4 Å². The van der Waals surface area contributed by atoms with Gasteiger partial charge in [0.15, 0.2) is 0 Å². The minimum absolute atomic E-state index is 0.598. The highest BCUT2D eigenvalue weighted by molar-refractivity contribution is 5.25. The lowest BCUT2D eigenvalue weighted by Crippen LogP contribution is -2.34. The van der Waals surface area contributed by atoms with Gasteiger partial charge in [0.25, 0.3) is 0 Å². The number of rotatable bonds is 5. The highest BCUT2D eigenvalue weighted by atomic mass is 19.1. The van der Waals surface area contributed by atoms with Crippen LogP contribution in [0.3, 0.4) is 0 Å². The lowest BCUT2D eigenvalue weighted by atomic mass is 9.77. The molecule has 0 atom stereocenters. The molecule has 0 unspecified atom stereocenters. The van der Waals surface area contributed by atoms with Crippen LogP contribution in [0.5, 0.6) is 0 Å². The summed E-state index contributed by atoms with van der Waals surface area (Å²) in [6.45, 7) is 0.976. The average Bonchev–Trinajstić information content (AvgIpc) is 2.25. The number of alkyl halides is 1. The Morgan fingerprint density at radius 2 is 2.06 bits per heavy atom. The van der Waals surface area contributed by atoms with Crippen LogP contribution in [0.15, 0.2) is 24.3 Å². The second-order valence-corrected chi connectivity index (χ2v) is 4.85. The molecule has 1 saturated carbocycles. The molecule has 2 rings (SSSR count). The molecule has 1 nitrogen and oxygen atoms in total. The Morgan fingerprint density at radius 1 is 1.31 bits per heavy atom. The smallest absolute Gasteiger partial charge is 0.115 e. The molecule has 1 N–H and O–H groups in total. The van der Waals surface area contributed by atoms with Crippen molar-refractivity contribution in [3.63, 3.8) is 0 Å². The fourth-order valence-corrected chi connectivity index (χ4v) is 2.27. The fourth-order valence-electron chi connectivity index (χ4n) is 2.27. The van der Waals surface area contributed by atoms with Crippen LogP contribution in [0.4, 0.5) is 4.39 Å². The van der Waals surface area contributed by atoms with Crippen molar-refractivity contribution in [3.8, 4) is 0 Å². The zero-order valence-electron chi connectivity index (χ0n) is 9.93. The van der Waals surface area contributed by atoms with Crippen LogP contribution in [0.1, 0.15) is 30.4 Å². The van der Waals surface area contributed by atoms with Gasteiger partial charge in [-0.3, -0.25) is 0 Å². The highest BCUT2D eigenvalue weighted by Gasteiger charge is 2.36. The molecule has 1 fully saturated rings. The largest absolute Gasteiger partial charge is 0.319 e. The van der Waals surface area contributed by atoms with E-state index in [9.17, 15) is 4.39 Å². The maximum atomic E-state index is 14.0. The molecule has 0 aromatic heterocycles. The predicted molar refractivity (Wildman–Crippen MR) is 65.5 cm³/mol. The lowest BCUT2D eigenvalue weighted by molar-refractivity contribution is 0.0641. The van der Waals surface area contributed by atoms with Crippen LogP contribution < -0.4 is 5.32 Å². The van der Waals surface area contributed by atoms with Crippen molar-refractivity contribution < 1.29 is 4.39 Å². The van der Waals surface area contributed by atoms with Gasteiger partial charge in [-0.15, -0.1) is 0 Å². The Kier molecular flexibility index (Phi) is 3.59. The third-order valence-electron chi connectivity index (χ3n) is 3.43. The van der Waals surface area contributed by atoms with Crippen LogP contribution in [-0.2, 0) is 12.8 Å². The van der Waals surface area contributed by atoms with Crippen LogP contribution in [0, 0.1) is 0 Å². The number of likely N-dealkylation sites (N-methyl/N-ethyl adjacent to an activating group) is 1. The van der Waals surface area contributed by atoms with Gasteiger partial charge in [-0.25, -0.2) is 4.39 Å². The summed E-state index contributed by atoms with van der Waals surface area (Å²) >= 11 is 0. The Morgan fingerprint density at radius 3 is 2.69 bits per heavy atom. The summed E-state index contributed by atoms with van der Waals surface area (Å²) in [5.74, 6) is 0. The van der Waals surface area contributed by atoms with Crippen LogP contribution in [-0.4, -0.2) is 19.3 Å². The van der Waals surface area contributed by atoms with E-state index in [1.54, 1.807) is 0 Å². The van der Waals surface area contributed by atoms with E-state index < -0.39 is 5.67 Å². The van der Waals surface area contributed by atoms with Gasteiger partial charge in [0.2, 0.25) is 0 Å². The summed E-state index contributed by atoms with van der Waals surface area (Å²) in [5, 5.41) is 3.13. The van der Waals surface area contributed by atoms with E-state index in [0.29, 0.717) is 6.42 Å². The maximum absolute atomic E-state index is 14.0. The van der Waals surface area contributed by atoms with Gasteiger partial charge in [0, 0.05) is 6.42 Å². The highest BCUT2D eigenvalue weighted by Crippen LogP contribution is 2.38. The van der Waals surface area contributed by atoms with Gasteiger partial charge in [-0.2, -0.15) is 0 Å². The molecule has 0 saturated heterocycles. The third kappa shape index (κ3) is 2.82.